The van der Waals surface area contributed by atoms with Crippen LogP contribution in [0, 0.1) is 5.92 Å². The molecule has 0 radical (unpaired) electrons. The first-order valence-corrected chi connectivity index (χ1v) is 10.3. The normalized spacial score (nSPS) is 13.8. The fraction of sp³-hybridized carbons (Fsp3) is 0.391. The van der Waals surface area contributed by atoms with E-state index in [1.807, 2.05) is 24.3 Å². The molecule has 30 heavy (non-hydrogen) atoms. The molecule has 0 aromatic heterocycles. The molecule has 0 saturated carbocycles. The third-order valence-corrected chi connectivity index (χ3v) is 4.62. The number of nitrogens with one attached hydrogen (secondary N) is 2. The molecular weight excluding hydrogens is 382 g/mol. The average Bonchev–Trinajstić information content (AvgIpc) is 2.77. The van der Waals surface area contributed by atoms with E-state index >= 15 is 0 Å². The summed E-state index contributed by atoms with van der Waals surface area (Å²) in [5.41, 5.74) is 2.05. The lowest BCUT2D eigenvalue weighted by molar-refractivity contribution is -0.114. The van der Waals surface area contributed by atoms with Gasteiger partial charge in [-0.1, -0.05) is 26.0 Å². The second kappa shape index (κ2) is 10.6. The number of amides is 2. The Balaban J connectivity index is 1.51. The van der Waals surface area contributed by atoms with Gasteiger partial charge < -0.3 is 25.0 Å². The van der Waals surface area contributed by atoms with Crippen LogP contribution in [0.25, 0.3) is 0 Å². The highest BCUT2D eigenvalue weighted by Gasteiger charge is 2.18. The Morgan fingerprint density at radius 2 is 1.77 bits per heavy atom. The van der Waals surface area contributed by atoms with Crippen molar-refractivity contribution in [1.29, 1.82) is 0 Å². The Morgan fingerprint density at radius 3 is 2.47 bits per heavy atom. The van der Waals surface area contributed by atoms with Gasteiger partial charge in [-0.2, -0.15) is 0 Å². The largest absolute Gasteiger partial charge is 0.491 e. The highest BCUT2D eigenvalue weighted by Crippen LogP contribution is 2.24. The zero-order chi connectivity index (χ0) is 21.3. The number of anilines is 2. The Labute approximate surface area is 177 Å². The predicted molar refractivity (Wildman–Crippen MR) is 117 cm³/mol. The molecule has 0 aliphatic carbocycles. The molecule has 1 heterocycles. The van der Waals surface area contributed by atoms with E-state index in [4.69, 9.17) is 9.47 Å². The molecule has 2 aromatic carbocycles. The Bertz CT molecular complexity index is 846. The lowest BCUT2D eigenvalue weighted by Crippen LogP contribution is -2.40. The highest BCUT2D eigenvalue weighted by atomic mass is 16.5. The standard InChI is InChI=1S/C23H29N3O4/c1-17(2)16-30-21-6-4-3-5-20(21)25-22(27)15-24-19-9-7-18(8-10-19)23(28)26-11-13-29-14-12-26/h3-10,17,24H,11-16H2,1-2H3,(H,25,27). The maximum Gasteiger partial charge on any atom is 0.254 e. The van der Waals surface area contributed by atoms with Gasteiger partial charge in [-0.3, -0.25) is 9.59 Å². The number of carbonyl (C=O) groups excluding carboxylic acids is 2. The summed E-state index contributed by atoms with van der Waals surface area (Å²) in [6.45, 7) is 7.22. The summed E-state index contributed by atoms with van der Waals surface area (Å²) in [7, 11) is 0. The third kappa shape index (κ3) is 6.22. The summed E-state index contributed by atoms with van der Waals surface area (Å²) < 4.78 is 11.1. The van der Waals surface area contributed by atoms with E-state index in [1.165, 1.54) is 0 Å². The van der Waals surface area contributed by atoms with Gasteiger partial charge in [-0.15, -0.1) is 0 Å². The van der Waals surface area contributed by atoms with E-state index < -0.39 is 0 Å². The highest BCUT2D eigenvalue weighted by molar-refractivity contribution is 5.96. The number of rotatable bonds is 8. The molecule has 0 spiro atoms. The van der Waals surface area contributed by atoms with Crippen LogP contribution in [0.3, 0.4) is 0 Å². The average molecular weight is 412 g/mol. The molecule has 0 bridgehead atoms. The molecule has 3 rings (SSSR count). The van der Waals surface area contributed by atoms with E-state index in [2.05, 4.69) is 24.5 Å². The van der Waals surface area contributed by atoms with Crippen molar-refractivity contribution in [2.75, 3.05) is 50.1 Å². The molecule has 0 atom stereocenters. The molecule has 7 heteroatoms. The van der Waals surface area contributed by atoms with E-state index in [1.54, 1.807) is 29.2 Å². The smallest absolute Gasteiger partial charge is 0.254 e. The van der Waals surface area contributed by atoms with E-state index in [0.29, 0.717) is 55.8 Å². The molecule has 1 fully saturated rings. The minimum atomic E-state index is -0.177. The first kappa shape index (κ1) is 21.6. The lowest BCUT2D eigenvalue weighted by atomic mass is 10.1. The Hall–Kier alpha value is -3.06. The number of nitrogens with zero attached hydrogens (tertiary/aromatic N) is 1. The topological polar surface area (TPSA) is 79.9 Å². The summed E-state index contributed by atoms with van der Waals surface area (Å²) in [4.78, 5) is 26.6. The Morgan fingerprint density at radius 1 is 1.07 bits per heavy atom. The molecular formula is C23H29N3O4. The van der Waals surface area contributed by atoms with Crippen LogP contribution in [-0.2, 0) is 9.53 Å². The van der Waals surface area contributed by atoms with E-state index in [-0.39, 0.29) is 18.4 Å². The maximum absolute atomic E-state index is 12.5. The molecule has 1 saturated heterocycles. The zero-order valence-electron chi connectivity index (χ0n) is 17.5. The second-order valence-corrected chi connectivity index (χ2v) is 7.58. The number of carbonyl (C=O) groups is 2. The molecule has 0 unspecified atom stereocenters. The van der Waals surface area contributed by atoms with Crippen molar-refractivity contribution in [3.8, 4) is 5.75 Å². The van der Waals surface area contributed by atoms with Gasteiger partial charge in [0.1, 0.15) is 5.75 Å². The number of hydrogen-bond acceptors (Lipinski definition) is 5. The number of hydrogen-bond donors (Lipinski definition) is 2. The van der Waals surface area contributed by atoms with Crippen molar-refractivity contribution < 1.29 is 19.1 Å². The summed E-state index contributed by atoms with van der Waals surface area (Å²) in [5.74, 6) is 0.878. The minimum absolute atomic E-state index is 0.000553. The van der Waals surface area contributed by atoms with Crippen LogP contribution in [0.5, 0.6) is 5.75 Å². The molecule has 2 N–H and O–H groups in total. The Kier molecular flexibility index (Phi) is 7.68. The number of morpholine rings is 1. The third-order valence-electron chi connectivity index (χ3n) is 4.62. The summed E-state index contributed by atoms with van der Waals surface area (Å²) in [6.07, 6.45) is 0. The second-order valence-electron chi connectivity index (χ2n) is 7.58. The van der Waals surface area contributed by atoms with Crippen molar-refractivity contribution in [2.45, 2.75) is 13.8 Å². The van der Waals surface area contributed by atoms with E-state index in [9.17, 15) is 9.59 Å². The van der Waals surface area contributed by atoms with Gasteiger partial charge in [-0.25, -0.2) is 0 Å². The van der Waals surface area contributed by atoms with E-state index in [0.717, 1.165) is 5.69 Å². The number of ether oxygens (including phenoxy) is 2. The molecule has 2 amide bonds. The van der Waals surface area contributed by atoms with Crippen LogP contribution in [-0.4, -0.2) is 56.2 Å². The van der Waals surface area contributed by atoms with Crippen LogP contribution in [0.4, 0.5) is 11.4 Å². The fourth-order valence-electron chi connectivity index (χ4n) is 3.01. The quantitative estimate of drug-likeness (QED) is 0.697. The minimum Gasteiger partial charge on any atom is -0.491 e. The zero-order valence-corrected chi connectivity index (χ0v) is 17.5. The van der Waals surface area contributed by atoms with Gasteiger partial charge in [0.05, 0.1) is 32.1 Å². The van der Waals surface area contributed by atoms with Gasteiger partial charge in [0, 0.05) is 24.3 Å². The number of benzene rings is 2. The van der Waals surface area contributed by atoms with Gasteiger partial charge in [0.2, 0.25) is 5.91 Å². The van der Waals surface area contributed by atoms with Crippen molar-refractivity contribution in [3.63, 3.8) is 0 Å². The molecule has 2 aromatic rings. The van der Waals surface area contributed by atoms with Gasteiger partial charge in [0.25, 0.3) is 5.91 Å². The van der Waals surface area contributed by atoms with Gasteiger partial charge in [0.15, 0.2) is 0 Å². The molecule has 1 aliphatic rings. The van der Waals surface area contributed by atoms with Crippen molar-refractivity contribution in [3.05, 3.63) is 54.1 Å². The maximum atomic E-state index is 12.5. The first-order chi connectivity index (χ1) is 14.5. The summed E-state index contributed by atoms with van der Waals surface area (Å²) >= 11 is 0. The van der Waals surface area contributed by atoms with Gasteiger partial charge in [-0.05, 0) is 42.3 Å². The van der Waals surface area contributed by atoms with Crippen LogP contribution < -0.4 is 15.4 Å². The van der Waals surface area contributed by atoms with Crippen molar-refractivity contribution >= 4 is 23.2 Å². The number of para-hydroxylation sites is 2. The fourth-order valence-corrected chi connectivity index (χ4v) is 3.01. The summed E-state index contributed by atoms with van der Waals surface area (Å²) in [6, 6.07) is 14.6. The lowest BCUT2D eigenvalue weighted by Gasteiger charge is -2.26. The van der Waals surface area contributed by atoms with Crippen molar-refractivity contribution in [1.82, 2.24) is 4.90 Å². The monoisotopic (exact) mass is 411 g/mol. The van der Waals surface area contributed by atoms with Crippen LogP contribution >= 0.6 is 0 Å². The molecule has 1 aliphatic heterocycles. The molecule has 160 valence electrons. The predicted octanol–water partition coefficient (Wildman–Crippen LogP) is 3.24. The van der Waals surface area contributed by atoms with Crippen LogP contribution in [0.2, 0.25) is 0 Å². The molecule has 7 nitrogen and oxygen atoms in total. The SMILES string of the molecule is CC(C)COc1ccccc1NC(=O)CNc1ccc(C(=O)N2CCOCC2)cc1. The van der Waals surface area contributed by atoms with Crippen LogP contribution in [0.1, 0.15) is 24.2 Å². The van der Waals surface area contributed by atoms with Gasteiger partial charge >= 0.3 is 0 Å². The van der Waals surface area contributed by atoms with Crippen LogP contribution in [0.15, 0.2) is 48.5 Å². The first-order valence-electron chi connectivity index (χ1n) is 10.3. The summed E-state index contributed by atoms with van der Waals surface area (Å²) in [5, 5.41) is 5.96. The van der Waals surface area contributed by atoms with Crippen molar-refractivity contribution in [2.24, 2.45) is 5.92 Å².